The lowest BCUT2D eigenvalue weighted by molar-refractivity contribution is 0.204. The van der Waals surface area contributed by atoms with Crippen molar-refractivity contribution in [2.24, 2.45) is 11.3 Å². The van der Waals surface area contributed by atoms with E-state index >= 15 is 0 Å². The van der Waals surface area contributed by atoms with E-state index in [0.717, 1.165) is 5.92 Å². The molecule has 0 saturated heterocycles. The molecule has 1 atom stereocenters. The van der Waals surface area contributed by atoms with Gasteiger partial charge in [-0.25, -0.2) is 0 Å². The topological polar surface area (TPSA) is 0 Å². The minimum absolute atomic E-state index is 0.703. The third-order valence-electron chi connectivity index (χ3n) is 3.55. The van der Waals surface area contributed by atoms with E-state index in [4.69, 9.17) is 0 Å². The van der Waals surface area contributed by atoms with E-state index in [1.165, 1.54) is 37.7 Å². The van der Waals surface area contributed by atoms with E-state index in [1.54, 1.807) is 0 Å². The van der Waals surface area contributed by atoms with Gasteiger partial charge in [0.15, 0.2) is 0 Å². The molecule has 0 aromatic carbocycles. The van der Waals surface area contributed by atoms with Gasteiger partial charge in [-0.3, -0.25) is 0 Å². The lowest BCUT2D eigenvalue weighted by Gasteiger charge is -2.30. The molecule has 1 unspecified atom stereocenters. The molecule has 0 heterocycles. The SMILES string of the molecule is C=C.C=C(C)C.CC.CCC(C)C1(C)CCCC1. The van der Waals surface area contributed by atoms with Crippen LogP contribution in [0.5, 0.6) is 0 Å². The molecule has 1 fully saturated rings. The summed E-state index contributed by atoms with van der Waals surface area (Å²) in [5, 5.41) is 0. The number of hydrogen-bond acceptors (Lipinski definition) is 0. The zero-order chi connectivity index (χ0) is 15.2. The van der Waals surface area contributed by atoms with Gasteiger partial charge in [-0.05, 0) is 38.0 Å². The fraction of sp³-hybridized carbons (Fsp3) is 0.778. The summed E-state index contributed by atoms with van der Waals surface area (Å²) in [7, 11) is 0. The minimum Gasteiger partial charge on any atom is -0.106 e. The first-order valence-corrected chi connectivity index (χ1v) is 7.54. The van der Waals surface area contributed by atoms with E-state index in [0.29, 0.717) is 5.41 Å². The highest BCUT2D eigenvalue weighted by Crippen LogP contribution is 2.44. The predicted octanol–water partition coefficient (Wildman–Crippen LogP) is 7.02. The van der Waals surface area contributed by atoms with Crippen molar-refractivity contribution in [1.29, 1.82) is 0 Å². The Bertz CT molecular complexity index is 168. The first kappa shape index (κ1) is 22.6. The molecule has 0 heteroatoms. The molecular formula is C18H38. The van der Waals surface area contributed by atoms with Crippen LogP contribution >= 0.6 is 0 Å². The maximum absolute atomic E-state index is 3.56. The van der Waals surface area contributed by atoms with Crippen LogP contribution in [0.2, 0.25) is 0 Å². The second-order valence-corrected chi connectivity index (χ2v) is 5.38. The molecule has 0 aromatic rings. The number of hydrogen-bond donors (Lipinski definition) is 0. The van der Waals surface area contributed by atoms with Crippen molar-refractivity contribution < 1.29 is 0 Å². The summed E-state index contributed by atoms with van der Waals surface area (Å²) in [4.78, 5) is 0. The second kappa shape index (κ2) is 14.5. The van der Waals surface area contributed by atoms with Gasteiger partial charge in [0.05, 0.1) is 0 Å². The molecular weight excluding hydrogens is 216 g/mol. The van der Waals surface area contributed by atoms with Crippen molar-refractivity contribution in [2.45, 2.75) is 80.6 Å². The van der Waals surface area contributed by atoms with Crippen LogP contribution in [0.15, 0.2) is 25.3 Å². The quantitative estimate of drug-likeness (QED) is 0.464. The van der Waals surface area contributed by atoms with Crippen LogP contribution in [-0.2, 0) is 0 Å². The smallest absolute Gasteiger partial charge is 0.0300 e. The van der Waals surface area contributed by atoms with Crippen molar-refractivity contribution >= 4 is 0 Å². The molecule has 0 aliphatic heterocycles. The fourth-order valence-corrected chi connectivity index (χ4v) is 2.17. The fourth-order valence-electron chi connectivity index (χ4n) is 2.17. The zero-order valence-corrected chi connectivity index (χ0v) is 14.2. The molecule has 110 valence electrons. The molecule has 0 radical (unpaired) electrons. The Morgan fingerprint density at radius 3 is 1.61 bits per heavy atom. The Morgan fingerprint density at radius 2 is 1.39 bits per heavy atom. The van der Waals surface area contributed by atoms with Crippen molar-refractivity contribution in [3.05, 3.63) is 25.3 Å². The van der Waals surface area contributed by atoms with Gasteiger partial charge in [-0.1, -0.05) is 59.5 Å². The van der Waals surface area contributed by atoms with Crippen LogP contribution in [-0.4, -0.2) is 0 Å². The molecule has 0 amide bonds. The van der Waals surface area contributed by atoms with Gasteiger partial charge in [-0.15, -0.1) is 19.7 Å². The predicted molar refractivity (Wildman–Crippen MR) is 89.1 cm³/mol. The third kappa shape index (κ3) is 12.0. The summed E-state index contributed by atoms with van der Waals surface area (Å²) in [6, 6.07) is 0. The van der Waals surface area contributed by atoms with Crippen LogP contribution < -0.4 is 0 Å². The maximum atomic E-state index is 3.56. The standard InChI is InChI=1S/C10H20.C4H8.C2H6.C2H4/c1-4-9(2)10(3)7-5-6-8-10;1-4(2)3;2*1-2/h9H,4-8H2,1-3H3;1H2,2-3H3;1-2H3;1-2H2. The summed E-state index contributed by atoms with van der Waals surface area (Å²) >= 11 is 0. The lowest BCUT2D eigenvalue weighted by atomic mass is 9.75. The number of allylic oxidation sites excluding steroid dienone is 1. The van der Waals surface area contributed by atoms with Crippen molar-refractivity contribution in [3.63, 3.8) is 0 Å². The van der Waals surface area contributed by atoms with Crippen molar-refractivity contribution in [2.75, 3.05) is 0 Å². The summed E-state index contributed by atoms with van der Waals surface area (Å²) in [6.07, 6.45) is 7.25. The van der Waals surface area contributed by atoms with Gasteiger partial charge in [0.1, 0.15) is 0 Å². The average Bonchev–Trinajstić information content (AvgIpc) is 2.81. The van der Waals surface area contributed by atoms with Gasteiger partial charge in [0, 0.05) is 0 Å². The third-order valence-corrected chi connectivity index (χ3v) is 3.55. The van der Waals surface area contributed by atoms with E-state index in [9.17, 15) is 0 Å². The molecule has 0 bridgehead atoms. The highest BCUT2D eigenvalue weighted by molar-refractivity contribution is 4.84. The first-order valence-electron chi connectivity index (χ1n) is 7.54. The lowest BCUT2D eigenvalue weighted by Crippen LogP contribution is -2.20. The summed E-state index contributed by atoms with van der Waals surface area (Å²) in [5.74, 6) is 0.940. The maximum Gasteiger partial charge on any atom is -0.0300 e. The zero-order valence-electron chi connectivity index (χ0n) is 14.2. The molecule has 1 rings (SSSR count). The first-order chi connectivity index (χ1) is 8.42. The Labute approximate surface area is 118 Å². The molecule has 0 aromatic heterocycles. The molecule has 0 N–H and O–H groups in total. The Hall–Kier alpha value is -0.520. The van der Waals surface area contributed by atoms with Crippen LogP contribution in [0.1, 0.15) is 80.6 Å². The molecule has 0 nitrogen and oxygen atoms in total. The summed E-state index contributed by atoms with van der Waals surface area (Å²) in [6.45, 7) is 24.7. The van der Waals surface area contributed by atoms with Crippen LogP contribution in [0.3, 0.4) is 0 Å². The second-order valence-electron chi connectivity index (χ2n) is 5.38. The van der Waals surface area contributed by atoms with Gasteiger partial charge in [0.25, 0.3) is 0 Å². The van der Waals surface area contributed by atoms with Crippen LogP contribution in [0, 0.1) is 11.3 Å². The van der Waals surface area contributed by atoms with E-state index in [2.05, 4.69) is 40.5 Å². The Kier molecular flexibility index (Phi) is 18.3. The normalized spacial score (nSPS) is 16.8. The average molecular weight is 255 g/mol. The van der Waals surface area contributed by atoms with Gasteiger partial charge in [-0.2, -0.15) is 0 Å². The van der Waals surface area contributed by atoms with Gasteiger partial charge >= 0.3 is 0 Å². The highest BCUT2D eigenvalue weighted by Gasteiger charge is 2.32. The van der Waals surface area contributed by atoms with E-state index in [-0.39, 0.29) is 0 Å². The van der Waals surface area contributed by atoms with E-state index < -0.39 is 0 Å². The molecule has 0 spiro atoms. The van der Waals surface area contributed by atoms with Crippen LogP contribution in [0.4, 0.5) is 0 Å². The van der Waals surface area contributed by atoms with Crippen molar-refractivity contribution in [3.8, 4) is 0 Å². The minimum atomic E-state index is 0.703. The largest absolute Gasteiger partial charge is 0.106 e. The Balaban J connectivity index is -0.000000238. The van der Waals surface area contributed by atoms with Crippen molar-refractivity contribution in [1.82, 2.24) is 0 Å². The Morgan fingerprint density at radius 1 is 1.11 bits per heavy atom. The monoisotopic (exact) mass is 254 g/mol. The summed E-state index contributed by atoms with van der Waals surface area (Å²) in [5.41, 5.74) is 1.87. The summed E-state index contributed by atoms with van der Waals surface area (Å²) < 4.78 is 0. The molecule has 1 aliphatic rings. The molecule has 1 aliphatic carbocycles. The molecule has 1 saturated carbocycles. The van der Waals surface area contributed by atoms with Gasteiger partial charge in [0.2, 0.25) is 0 Å². The highest BCUT2D eigenvalue weighted by atomic mass is 14.4. The van der Waals surface area contributed by atoms with E-state index in [1.807, 2.05) is 27.7 Å². The van der Waals surface area contributed by atoms with Gasteiger partial charge < -0.3 is 0 Å². The number of rotatable bonds is 2. The molecule has 18 heavy (non-hydrogen) atoms. The van der Waals surface area contributed by atoms with Crippen LogP contribution in [0.25, 0.3) is 0 Å².